The van der Waals surface area contributed by atoms with Crippen molar-refractivity contribution in [1.82, 2.24) is 5.48 Å². The molecule has 2 aliphatic rings. The van der Waals surface area contributed by atoms with E-state index < -0.39 is 18.2 Å². The Morgan fingerprint density at radius 2 is 2.26 bits per heavy atom. The van der Waals surface area contributed by atoms with E-state index in [2.05, 4.69) is 17.3 Å². The van der Waals surface area contributed by atoms with E-state index in [0.29, 0.717) is 25.9 Å². The molecule has 0 aromatic heterocycles. The minimum Gasteiger partial charge on any atom is -0.481 e. The van der Waals surface area contributed by atoms with Crippen molar-refractivity contribution in [1.29, 1.82) is 0 Å². The van der Waals surface area contributed by atoms with Crippen LogP contribution in [-0.4, -0.2) is 40.1 Å². The number of hydroxylamine groups is 1. The fourth-order valence-electron chi connectivity index (χ4n) is 3.03. The second-order valence-corrected chi connectivity index (χ2v) is 6.16. The van der Waals surface area contributed by atoms with Gasteiger partial charge in [-0.2, -0.15) is 0 Å². The molecule has 0 bridgehead atoms. The number of aliphatic hydroxyl groups excluding tert-OH is 2. The third-order valence-electron chi connectivity index (χ3n) is 4.35. The van der Waals surface area contributed by atoms with Crippen LogP contribution in [0.5, 0.6) is 0 Å². The highest BCUT2D eigenvalue weighted by atomic mass is 16.6. The van der Waals surface area contributed by atoms with E-state index in [1.165, 1.54) is 0 Å². The number of hydrogen-bond acceptors (Lipinski definition) is 5. The summed E-state index contributed by atoms with van der Waals surface area (Å²) in [4.78, 5) is 15.7. The van der Waals surface area contributed by atoms with Crippen molar-refractivity contribution in [3.05, 3.63) is 11.3 Å². The third-order valence-corrected chi connectivity index (χ3v) is 4.35. The predicted octanol–water partition coefficient (Wildman–Crippen LogP) is 1.19. The van der Waals surface area contributed by atoms with Gasteiger partial charge in [-0.25, -0.2) is 0 Å². The Labute approximate surface area is 136 Å². The van der Waals surface area contributed by atoms with E-state index in [0.717, 1.165) is 24.1 Å². The van der Waals surface area contributed by atoms with Crippen LogP contribution in [0.4, 0.5) is 0 Å². The van der Waals surface area contributed by atoms with Gasteiger partial charge in [-0.05, 0) is 31.3 Å². The smallest absolute Gasteiger partial charge is 0.303 e. The minimum absolute atomic E-state index is 0.0900. The highest BCUT2D eigenvalue weighted by molar-refractivity contribution is 5.66. The average Bonchev–Trinajstić information content (AvgIpc) is 2.72. The Kier molecular flexibility index (Phi) is 6.46. The zero-order valence-corrected chi connectivity index (χ0v) is 13.4. The first kappa shape index (κ1) is 17.8. The van der Waals surface area contributed by atoms with E-state index in [9.17, 15) is 15.0 Å². The zero-order chi connectivity index (χ0) is 16.8. The van der Waals surface area contributed by atoms with Crippen molar-refractivity contribution in [2.45, 2.75) is 57.7 Å². The Morgan fingerprint density at radius 3 is 2.96 bits per heavy atom. The van der Waals surface area contributed by atoms with Crippen molar-refractivity contribution in [2.75, 3.05) is 6.61 Å². The molecule has 4 unspecified atom stereocenters. The number of aliphatic carboxylic acids is 1. The number of nitrogens with one attached hydrogen (secondary N) is 1. The summed E-state index contributed by atoms with van der Waals surface area (Å²) in [6.07, 6.45) is 2.40. The molecule has 23 heavy (non-hydrogen) atoms. The summed E-state index contributed by atoms with van der Waals surface area (Å²) in [5.74, 6) is 5.00. The minimum atomic E-state index is -0.829. The summed E-state index contributed by atoms with van der Waals surface area (Å²) >= 11 is 0. The third kappa shape index (κ3) is 4.71. The average molecular weight is 323 g/mol. The van der Waals surface area contributed by atoms with Gasteiger partial charge in [-0.3, -0.25) is 15.1 Å². The van der Waals surface area contributed by atoms with Crippen molar-refractivity contribution in [2.24, 2.45) is 11.8 Å². The fourth-order valence-corrected chi connectivity index (χ4v) is 3.03. The molecule has 128 valence electrons. The fraction of sp³-hybridized carbons (Fsp3) is 0.706. The van der Waals surface area contributed by atoms with E-state index in [1.54, 1.807) is 0 Å². The first-order valence-corrected chi connectivity index (χ1v) is 8.21. The monoisotopic (exact) mass is 323 g/mol. The summed E-state index contributed by atoms with van der Waals surface area (Å²) in [6, 6.07) is 0. The molecule has 0 spiro atoms. The van der Waals surface area contributed by atoms with E-state index in [1.807, 2.05) is 6.92 Å². The topological polar surface area (TPSA) is 99.0 Å². The van der Waals surface area contributed by atoms with Gasteiger partial charge in [0.05, 0.1) is 18.6 Å². The first-order chi connectivity index (χ1) is 11.0. The van der Waals surface area contributed by atoms with Crippen LogP contribution in [0.2, 0.25) is 0 Å². The largest absolute Gasteiger partial charge is 0.481 e. The molecule has 6 heteroatoms. The van der Waals surface area contributed by atoms with Crippen LogP contribution >= 0.6 is 0 Å². The van der Waals surface area contributed by atoms with Crippen LogP contribution in [0, 0.1) is 23.7 Å². The number of hydrogen-bond donors (Lipinski definition) is 4. The number of carbonyl (C=O) groups is 1. The van der Waals surface area contributed by atoms with Crippen LogP contribution in [0.15, 0.2) is 11.3 Å². The molecule has 0 aromatic rings. The summed E-state index contributed by atoms with van der Waals surface area (Å²) in [6.45, 7) is 2.33. The molecule has 2 aliphatic carbocycles. The van der Waals surface area contributed by atoms with Gasteiger partial charge in [0.15, 0.2) is 0 Å². The van der Waals surface area contributed by atoms with E-state index in [-0.39, 0.29) is 18.3 Å². The molecule has 0 heterocycles. The summed E-state index contributed by atoms with van der Waals surface area (Å²) in [7, 11) is 0. The second kappa shape index (κ2) is 8.34. The molecule has 4 atom stereocenters. The molecular weight excluding hydrogens is 298 g/mol. The van der Waals surface area contributed by atoms with Gasteiger partial charge >= 0.3 is 5.97 Å². The Balaban J connectivity index is 1.79. The quantitative estimate of drug-likeness (QED) is 0.304. The maximum Gasteiger partial charge on any atom is 0.303 e. The summed E-state index contributed by atoms with van der Waals surface area (Å²) in [5, 5.41) is 28.5. The molecule has 6 nitrogen and oxygen atoms in total. The second-order valence-electron chi connectivity index (χ2n) is 6.16. The lowest BCUT2D eigenvalue weighted by Crippen LogP contribution is -2.32. The molecule has 0 radical (unpaired) electrons. The number of aliphatic hydroxyl groups is 2. The lowest BCUT2D eigenvalue weighted by molar-refractivity contribution is -0.137. The van der Waals surface area contributed by atoms with Gasteiger partial charge in [-0.15, -0.1) is 0 Å². The predicted molar refractivity (Wildman–Crippen MR) is 83.9 cm³/mol. The van der Waals surface area contributed by atoms with Crippen LogP contribution < -0.4 is 5.48 Å². The molecule has 4 N–H and O–H groups in total. The van der Waals surface area contributed by atoms with Crippen molar-refractivity contribution < 1.29 is 25.0 Å². The summed E-state index contributed by atoms with van der Waals surface area (Å²) < 4.78 is 0. The van der Waals surface area contributed by atoms with Crippen LogP contribution in [0.1, 0.15) is 45.4 Å². The first-order valence-electron chi connectivity index (χ1n) is 8.21. The number of carboxylic acid groups (broad SMARTS) is 1. The molecule has 0 saturated heterocycles. The van der Waals surface area contributed by atoms with Crippen molar-refractivity contribution in [3.8, 4) is 11.8 Å². The highest BCUT2D eigenvalue weighted by Crippen LogP contribution is 2.48. The Morgan fingerprint density at radius 1 is 1.48 bits per heavy atom. The molecule has 0 aromatic carbocycles. The van der Waals surface area contributed by atoms with Gasteiger partial charge in [-0.1, -0.05) is 25.2 Å². The lowest BCUT2D eigenvalue weighted by Gasteiger charge is -2.30. The maximum atomic E-state index is 10.4. The van der Waals surface area contributed by atoms with Crippen LogP contribution in [0.3, 0.4) is 0 Å². The molecule has 1 fully saturated rings. The van der Waals surface area contributed by atoms with Gasteiger partial charge in [0.25, 0.3) is 0 Å². The number of fused-ring (bicyclic) bond motifs is 1. The van der Waals surface area contributed by atoms with Gasteiger partial charge < -0.3 is 15.3 Å². The lowest BCUT2D eigenvalue weighted by atomic mass is 9.83. The standard InChI is InChI=1S/C17H25NO5/c1-2-4-12(19)7-6-11-9-13-14(17(11)22)10-15(13)18-23-8-3-5-16(20)21/h11-12,14,17-19,22H,2-5,8-10H2,1H3,(H,20,21). The van der Waals surface area contributed by atoms with Gasteiger partial charge in [0.1, 0.15) is 6.10 Å². The normalized spacial score (nSPS) is 26.8. The SMILES string of the molecule is CCCC(O)C#CC1CC2=C(NOCCCC(=O)O)CC2C1O. The molecule has 2 rings (SSSR count). The number of carboxylic acids is 1. The molecule has 0 amide bonds. The highest BCUT2D eigenvalue weighted by Gasteiger charge is 2.45. The van der Waals surface area contributed by atoms with Crippen LogP contribution in [0.25, 0.3) is 0 Å². The molecule has 0 aliphatic heterocycles. The maximum absolute atomic E-state index is 10.4. The van der Waals surface area contributed by atoms with Gasteiger partial charge in [0.2, 0.25) is 0 Å². The molecular formula is C17H25NO5. The number of rotatable bonds is 8. The Bertz CT molecular complexity index is 519. The van der Waals surface area contributed by atoms with Crippen molar-refractivity contribution >= 4 is 5.97 Å². The number of allylic oxidation sites excluding steroid dienone is 1. The van der Waals surface area contributed by atoms with E-state index in [4.69, 9.17) is 9.94 Å². The van der Waals surface area contributed by atoms with E-state index >= 15 is 0 Å². The zero-order valence-electron chi connectivity index (χ0n) is 13.4. The summed E-state index contributed by atoms with van der Waals surface area (Å²) in [5.41, 5.74) is 4.98. The van der Waals surface area contributed by atoms with Crippen molar-refractivity contribution in [3.63, 3.8) is 0 Å². The Hall–Kier alpha value is -1.55. The van der Waals surface area contributed by atoms with Crippen LogP contribution in [-0.2, 0) is 9.63 Å². The van der Waals surface area contributed by atoms with Gasteiger partial charge in [0, 0.05) is 18.0 Å². The molecule has 1 saturated carbocycles.